The second-order valence-electron chi connectivity index (χ2n) is 6.56. The van der Waals surface area contributed by atoms with E-state index in [0.29, 0.717) is 17.1 Å². The highest BCUT2D eigenvalue weighted by Crippen LogP contribution is 2.30. The molecule has 0 aliphatic heterocycles. The third-order valence-electron chi connectivity index (χ3n) is 4.24. The first-order valence-corrected chi connectivity index (χ1v) is 8.91. The minimum absolute atomic E-state index is 0.00566. The second-order valence-corrected chi connectivity index (χ2v) is 6.56. The fraction of sp³-hybridized carbons (Fsp3) is 0.286. The Morgan fingerprint density at radius 1 is 1.22 bits per heavy atom. The maximum absolute atomic E-state index is 12.7. The van der Waals surface area contributed by atoms with E-state index in [1.54, 1.807) is 30.3 Å². The van der Waals surface area contributed by atoms with Crippen LogP contribution >= 0.6 is 0 Å². The summed E-state index contributed by atoms with van der Waals surface area (Å²) in [4.78, 5) is 26.0. The van der Waals surface area contributed by atoms with Crippen LogP contribution in [-0.4, -0.2) is 18.5 Å². The van der Waals surface area contributed by atoms with Crippen LogP contribution in [0.15, 0.2) is 48.5 Å². The summed E-state index contributed by atoms with van der Waals surface area (Å²) >= 11 is 0. The summed E-state index contributed by atoms with van der Waals surface area (Å²) in [6.45, 7) is 2.17. The summed E-state index contributed by atoms with van der Waals surface area (Å²) in [5.74, 6) is 0.427. The van der Waals surface area contributed by atoms with Crippen LogP contribution in [0.1, 0.15) is 24.8 Å². The summed E-state index contributed by atoms with van der Waals surface area (Å²) in [6.07, 6.45) is 1.47. The van der Waals surface area contributed by atoms with E-state index in [-0.39, 0.29) is 24.8 Å². The van der Waals surface area contributed by atoms with Crippen molar-refractivity contribution in [3.8, 4) is 11.8 Å². The van der Waals surface area contributed by atoms with Crippen molar-refractivity contribution >= 4 is 23.4 Å². The molecule has 1 N–H and O–H groups in total. The van der Waals surface area contributed by atoms with Crippen LogP contribution in [0, 0.1) is 24.2 Å². The Morgan fingerprint density at radius 2 is 2.00 bits per heavy atom. The molecule has 3 rings (SSSR count). The van der Waals surface area contributed by atoms with Crippen molar-refractivity contribution in [1.29, 1.82) is 5.26 Å². The minimum Gasteiger partial charge on any atom is -0.410 e. The molecule has 6 heteroatoms. The number of nitrogens with one attached hydrogen (secondary N) is 1. The van der Waals surface area contributed by atoms with E-state index in [0.717, 1.165) is 18.4 Å². The van der Waals surface area contributed by atoms with Crippen molar-refractivity contribution in [2.75, 3.05) is 16.8 Å². The highest BCUT2D eigenvalue weighted by Gasteiger charge is 2.29. The number of ether oxygens (including phenoxy) is 1. The van der Waals surface area contributed by atoms with Gasteiger partial charge in [-0.2, -0.15) is 5.26 Å². The fourth-order valence-electron chi connectivity index (χ4n) is 2.67. The van der Waals surface area contributed by atoms with E-state index >= 15 is 0 Å². The molecule has 0 atom stereocenters. The normalized spacial score (nSPS) is 12.7. The van der Waals surface area contributed by atoms with Crippen molar-refractivity contribution in [2.45, 2.75) is 26.2 Å². The summed E-state index contributed by atoms with van der Waals surface area (Å²) < 4.78 is 5.49. The summed E-state index contributed by atoms with van der Waals surface area (Å²) in [5, 5.41) is 11.7. The highest BCUT2D eigenvalue weighted by molar-refractivity contribution is 5.94. The standard InChI is InChI=1S/C21H21N3O3/c1-15-5-2-7-18(13-15)24(12-4-11-22)21(26)27-19-8-3-6-17(14-19)23-20(25)16-9-10-16/h2-3,5-8,13-14,16H,4,9-10,12H2,1H3,(H,23,25). The molecular weight excluding hydrogens is 342 g/mol. The number of rotatable bonds is 6. The van der Waals surface area contributed by atoms with Crippen LogP contribution in [0.4, 0.5) is 16.2 Å². The fourth-order valence-corrected chi connectivity index (χ4v) is 2.67. The SMILES string of the molecule is Cc1cccc(N(CCC#N)C(=O)Oc2cccc(NC(=O)C3CC3)c2)c1. The molecule has 0 spiro atoms. The van der Waals surface area contributed by atoms with E-state index in [1.165, 1.54) is 4.90 Å². The van der Waals surface area contributed by atoms with Crippen LogP contribution in [-0.2, 0) is 4.79 Å². The zero-order valence-electron chi connectivity index (χ0n) is 15.1. The van der Waals surface area contributed by atoms with Gasteiger partial charge in [-0.3, -0.25) is 9.69 Å². The Hall–Kier alpha value is -3.33. The third kappa shape index (κ3) is 5.08. The molecule has 0 radical (unpaired) electrons. The van der Waals surface area contributed by atoms with E-state index in [4.69, 9.17) is 10.00 Å². The molecule has 2 aromatic carbocycles. The molecule has 1 fully saturated rings. The lowest BCUT2D eigenvalue weighted by Crippen LogP contribution is -2.34. The quantitative estimate of drug-likeness (QED) is 0.831. The average molecular weight is 363 g/mol. The Bertz CT molecular complexity index is 884. The van der Waals surface area contributed by atoms with Crippen LogP contribution < -0.4 is 15.0 Å². The maximum atomic E-state index is 12.7. The second kappa shape index (κ2) is 8.37. The number of hydrogen-bond acceptors (Lipinski definition) is 4. The van der Waals surface area contributed by atoms with Gasteiger partial charge in [0.15, 0.2) is 0 Å². The number of amides is 2. The van der Waals surface area contributed by atoms with Crippen molar-refractivity contribution in [2.24, 2.45) is 5.92 Å². The highest BCUT2D eigenvalue weighted by atomic mass is 16.6. The number of benzene rings is 2. The Kier molecular flexibility index (Phi) is 5.72. The molecule has 1 saturated carbocycles. The van der Waals surface area contributed by atoms with Gasteiger partial charge in [-0.1, -0.05) is 18.2 Å². The van der Waals surface area contributed by atoms with Crippen LogP contribution in [0.25, 0.3) is 0 Å². The zero-order valence-corrected chi connectivity index (χ0v) is 15.1. The molecule has 6 nitrogen and oxygen atoms in total. The van der Waals surface area contributed by atoms with Crippen molar-refractivity contribution < 1.29 is 14.3 Å². The van der Waals surface area contributed by atoms with Gasteiger partial charge in [0.25, 0.3) is 0 Å². The van der Waals surface area contributed by atoms with Crippen molar-refractivity contribution in [1.82, 2.24) is 0 Å². The smallest absolute Gasteiger partial charge is 0.410 e. The molecule has 2 amide bonds. The molecule has 0 aromatic heterocycles. The largest absolute Gasteiger partial charge is 0.419 e. The Morgan fingerprint density at radius 3 is 2.70 bits per heavy atom. The molecule has 0 heterocycles. The lowest BCUT2D eigenvalue weighted by Gasteiger charge is -2.21. The molecule has 138 valence electrons. The predicted octanol–water partition coefficient (Wildman–Crippen LogP) is 4.26. The molecule has 2 aromatic rings. The molecular formula is C21H21N3O3. The Balaban J connectivity index is 1.72. The summed E-state index contributed by atoms with van der Waals surface area (Å²) in [5.41, 5.74) is 2.27. The third-order valence-corrected chi connectivity index (χ3v) is 4.24. The van der Waals surface area contributed by atoms with Gasteiger partial charge in [-0.25, -0.2) is 4.79 Å². The van der Waals surface area contributed by atoms with Crippen molar-refractivity contribution in [3.05, 3.63) is 54.1 Å². The zero-order chi connectivity index (χ0) is 19.2. The minimum atomic E-state index is -0.568. The lowest BCUT2D eigenvalue weighted by atomic mass is 10.2. The summed E-state index contributed by atoms with van der Waals surface area (Å²) in [6, 6.07) is 16.3. The molecule has 1 aliphatic carbocycles. The molecule has 0 bridgehead atoms. The number of carbonyl (C=O) groups is 2. The van der Waals surface area contributed by atoms with Crippen LogP contribution in [0.5, 0.6) is 5.75 Å². The monoisotopic (exact) mass is 363 g/mol. The number of aryl methyl sites for hydroxylation is 1. The molecule has 27 heavy (non-hydrogen) atoms. The first kappa shape index (κ1) is 18.5. The molecule has 0 unspecified atom stereocenters. The maximum Gasteiger partial charge on any atom is 0.419 e. The van der Waals surface area contributed by atoms with Gasteiger partial charge in [0.1, 0.15) is 5.75 Å². The predicted molar refractivity (Wildman–Crippen MR) is 103 cm³/mol. The van der Waals surface area contributed by atoms with Crippen LogP contribution in [0.2, 0.25) is 0 Å². The van der Waals surface area contributed by atoms with Gasteiger partial charge in [0.05, 0.1) is 12.5 Å². The van der Waals surface area contributed by atoms with Crippen LogP contribution in [0.3, 0.4) is 0 Å². The van der Waals surface area contributed by atoms with Gasteiger partial charge in [-0.05, 0) is 49.6 Å². The van der Waals surface area contributed by atoms with Gasteiger partial charge < -0.3 is 10.1 Å². The van der Waals surface area contributed by atoms with Crippen molar-refractivity contribution in [3.63, 3.8) is 0 Å². The number of carbonyl (C=O) groups excluding carboxylic acids is 2. The van der Waals surface area contributed by atoms with Gasteiger partial charge in [0, 0.05) is 29.9 Å². The van der Waals surface area contributed by atoms with Gasteiger partial charge in [-0.15, -0.1) is 0 Å². The number of hydrogen-bond donors (Lipinski definition) is 1. The van der Waals surface area contributed by atoms with E-state index < -0.39 is 6.09 Å². The molecule has 1 aliphatic rings. The average Bonchev–Trinajstić information content (AvgIpc) is 3.48. The van der Waals surface area contributed by atoms with E-state index in [9.17, 15) is 9.59 Å². The first-order valence-electron chi connectivity index (χ1n) is 8.91. The topological polar surface area (TPSA) is 82.4 Å². The van der Waals surface area contributed by atoms with Gasteiger partial charge in [0.2, 0.25) is 5.91 Å². The van der Waals surface area contributed by atoms with E-state index in [1.807, 2.05) is 25.1 Å². The van der Waals surface area contributed by atoms with Gasteiger partial charge >= 0.3 is 6.09 Å². The lowest BCUT2D eigenvalue weighted by molar-refractivity contribution is -0.117. The summed E-state index contributed by atoms with van der Waals surface area (Å²) in [7, 11) is 0. The number of anilines is 2. The number of nitriles is 1. The Labute approximate surface area is 158 Å². The first-order chi connectivity index (χ1) is 13.1. The van der Waals surface area contributed by atoms with E-state index in [2.05, 4.69) is 11.4 Å². The molecule has 0 saturated heterocycles. The number of nitrogens with zero attached hydrogens (tertiary/aromatic N) is 2.